The van der Waals surface area contributed by atoms with E-state index in [2.05, 4.69) is 5.10 Å². The van der Waals surface area contributed by atoms with Crippen molar-refractivity contribution in [3.63, 3.8) is 0 Å². The second-order valence-electron chi connectivity index (χ2n) is 1.60. The Morgan fingerprint density at radius 3 is 2.73 bits per heavy atom. The van der Waals surface area contributed by atoms with Gasteiger partial charge in [0.15, 0.2) is 4.87 Å². The molecule has 0 aromatic rings. The van der Waals surface area contributed by atoms with Crippen molar-refractivity contribution in [2.24, 2.45) is 5.10 Å². The molecule has 11 heavy (non-hydrogen) atoms. The van der Waals surface area contributed by atoms with Gasteiger partial charge in [-0.2, -0.15) is 0 Å². The molecule has 1 aliphatic heterocycles. The summed E-state index contributed by atoms with van der Waals surface area (Å²) in [5, 5.41) is 3.32. The van der Waals surface area contributed by atoms with Gasteiger partial charge in [0.05, 0.1) is 11.1 Å². The van der Waals surface area contributed by atoms with Gasteiger partial charge in [-0.1, -0.05) is 0 Å². The Bertz CT molecular complexity index is 191. The molecule has 4 nitrogen and oxygen atoms in total. The van der Waals surface area contributed by atoms with Crippen molar-refractivity contribution in [2.75, 3.05) is 6.54 Å². The van der Waals surface area contributed by atoms with E-state index in [4.69, 9.17) is 0 Å². The van der Waals surface area contributed by atoms with E-state index in [0.29, 0.717) is 4.87 Å². The summed E-state index contributed by atoms with van der Waals surface area (Å²) in [6.07, 6.45) is 4.06. The van der Waals surface area contributed by atoms with Crippen LogP contribution in [0.5, 0.6) is 0 Å². The summed E-state index contributed by atoms with van der Waals surface area (Å²) in [6.45, 7) is -0.174. The Hall–Kier alpha value is -0.740. The smallest absolute Gasteiger partial charge is 0.287 e. The van der Waals surface area contributed by atoms with E-state index in [9.17, 15) is 9.70 Å². The normalized spacial score (nSPS) is 14.9. The second-order valence-corrected chi connectivity index (χ2v) is 1.60. The molecule has 1 rings (SSSR count). The molecule has 0 N–H and O–H groups in total. The third kappa shape index (κ3) is 4.64. The van der Waals surface area contributed by atoms with Crippen molar-refractivity contribution in [3.8, 4) is 0 Å². The third-order valence-electron chi connectivity index (χ3n) is 0.855. The van der Waals surface area contributed by atoms with Gasteiger partial charge in [-0.3, -0.25) is 4.79 Å². The minimum atomic E-state index is -0.220. The quantitative estimate of drug-likeness (QED) is 0.538. The SMILES string of the molecule is Cl.Cl.O=C1C=CC=N[N+](=O)C1. The van der Waals surface area contributed by atoms with E-state index in [1.807, 2.05) is 0 Å². The summed E-state index contributed by atoms with van der Waals surface area (Å²) >= 11 is 0. The fourth-order valence-corrected chi connectivity index (χ4v) is 0.490. The van der Waals surface area contributed by atoms with Crippen LogP contribution in [0.25, 0.3) is 0 Å². The van der Waals surface area contributed by atoms with Gasteiger partial charge < -0.3 is 0 Å². The number of rotatable bonds is 0. The lowest BCUT2D eigenvalue weighted by molar-refractivity contribution is -0.541. The first-order valence-electron chi connectivity index (χ1n) is 2.47. The number of nitrogens with zero attached hydrogens (tertiary/aromatic N) is 2. The van der Waals surface area contributed by atoms with Gasteiger partial charge in [0.2, 0.25) is 5.78 Å². The maximum absolute atomic E-state index is 10.5. The highest BCUT2D eigenvalue weighted by Crippen LogP contribution is 1.84. The summed E-state index contributed by atoms with van der Waals surface area (Å²) < 4.78 is 0. The number of hydrazone groups is 1. The fraction of sp³-hybridized carbons (Fsp3) is 0.200. The van der Waals surface area contributed by atoms with Gasteiger partial charge in [-0.15, -0.1) is 24.8 Å². The number of hydrogen-bond acceptors (Lipinski definition) is 2. The Morgan fingerprint density at radius 2 is 2.09 bits per heavy atom. The first-order chi connectivity index (χ1) is 4.29. The fourth-order valence-electron chi connectivity index (χ4n) is 0.490. The highest BCUT2D eigenvalue weighted by atomic mass is 35.5. The van der Waals surface area contributed by atoms with Crippen LogP contribution in [0.4, 0.5) is 0 Å². The lowest BCUT2D eigenvalue weighted by Crippen LogP contribution is -2.09. The number of ketones is 1. The molecule has 0 fully saturated rings. The van der Waals surface area contributed by atoms with Gasteiger partial charge in [0.1, 0.15) is 0 Å². The van der Waals surface area contributed by atoms with Crippen molar-refractivity contribution in [3.05, 3.63) is 17.1 Å². The Balaban J connectivity index is 0. The molecule has 62 valence electrons. The average molecular weight is 198 g/mol. The van der Waals surface area contributed by atoms with Gasteiger partial charge in [0.25, 0.3) is 6.54 Å². The minimum absolute atomic E-state index is 0. The van der Waals surface area contributed by atoms with Gasteiger partial charge >= 0.3 is 0 Å². The van der Waals surface area contributed by atoms with Crippen molar-refractivity contribution in [1.82, 2.24) is 0 Å². The summed E-state index contributed by atoms with van der Waals surface area (Å²) in [6, 6.07) is 0. The van der Waals surface area contributed by atoms with Gasteiger partial charge in [-0.25, -0.2) is 0 Å². The van der Waals surface area contributed by atoms with Gasteiger partial charge in [-0.05, 0) is 12.2 Å². The lowest BCUT2D eigenvalue weighted by atomic mass is 10.4. The molecule has 1 heterocycles. The van der Waals surface area contributed by atoms with Crippen molar-refractivity contribution in [2.45, 2.75) is 0 Å². The average Bonchev–Trinajstić information content (AvgIpc) is 1.93. The van der Waals surface area contributed by atoms with E-state index < -0.39 is 0 Å². The number of nitroso groups, excluding NO2 is 1. The highest BCUT2D eigenvalue weighted by molar-refractivity contribution is 5.94. The zero-order valence-corrected chi connectivity index (χ0v) is 7.10. The van der Waals surface area contributed by atoms with Crippen molar-refractivity contribution < 1.29 is 9.66 Å². The predicted molar refractivity (Wildman–Crippen MR) is 45.6 cm³/mol. The van der Waals surface area contributed by atoms with Crippen molar-refractivity contribution >= 4 is 36.8 Å². The summed E-state index contributed by atoms with van der Waals surface area (Å²) in [5.41, 5.74) is 0. The predicted octanol–water partition coefficient (Wildman–Crippen LogP) is 0.734. The second kappa shape index (κ2) is 6.00. The minimum Gasteiger partial charge on any atom is -0.287 e. The molecule has 0 aromatic carbocycles. The number of carbonyl (C=O) groups excluding carboxylic acids is 1. The van der Waals surface area contributed by atoms with Crippen LogP contribution in [0, 0.1) is 4.91 Å². The first kappa shape index (κ1) is 12.9. The van der Waals surface area contributed by atoms with Crippen LogP contribution in [0.3, 0.4) is 0 Å². The van der Waals surface area contributed by atoms with Crippen LogP contribution in [0.2, 0.25) is 0 Å². The van der Waals surface area contributed by atoms with Crippen LogP contribution in [0.1, 0.15) is 0 Å². The molecule has 0 aliphatic carbocycles. The Morgan fingerprint density at radius 1 is 1.45 bits per heavy atom. The van der Waals surface area contributed by atoms with Crippen LogP contribution < -0.4 is 0 Å². The molecule has 0 radical (unpaired) electrons. The van der Waals surface area contributed by atoms with E-state index in [0.717, 1.165) is 0 Å². The Kier molecular flexibility index (Phi) is 7.04. The molecule has 6 heteroatoms. The van der Waals surface area contributed by atoms with Crippen LogP contribution >= 0.6 is 24.8 Å². The number of halogens is 2. The molecule has 0 aromatic heterocycles. The highest BCUT2D eigenvalue weighted by Gasteiger charge is 2.12. The van der Waals surface area contributed by atoms with Crippen LogP contribution in [-0.2, 0) is 4.79 Å². The largest absolute Gasteiger partial charge is 0.289 e. The van der Waals surface area contributed by atoms with E-state index >= 15 is 0 Å². The molecule has 0 atom stereocenters. The van der Waals surface area contributed by atoms with Crippen LogP contribution in [-0.4, -0.2) is 23.4 Å². The summed E-state index contributed by atoms with van der Waals surface area (Å²) in [7, 11) is 0. The van der Waals surface area contributed by atoms with E-state index in [-0.39, 0.29) is 37.1 Å². The molecule has 0 unspecified atom stereocenters. The maximum Gasteiger partial charge on any atom is 0.289 e. The molecule has 1 aliphatic rings. The Labute approximate surface area is 75.7 Å². The van der Waals surface area contributed by atoms with E-state index in [1.54, 1.807) is 0 Å². The summed E-state index contributed by atoms with van der Waals surface area (Å²) in [4.78, 5) is 21.2. The molecular formula is C5H7Cl2N2O2+. The topological polar surface area (TPSA) is 49.5 Å². The molecular weight excluding hydrogens is 191 g/mol. The van der Waals surface area contributed by atoms with Crippen molar-refractivity contribution in [1.29, 1.82) is 0 Å². The molecule has 0 saturated carbocycles. The summed E-state index contributed by atoms with van der Waals surface area (Å²) in [5.74, 6) is -0.220. The maximum atomic E-state index is 10.5. The molecule has 0 saturated heterocycles. The first-order valence-corrected chi connectivity index (χ1v) is 2.47. The zero-order chi connectivity index (χ0) is 6.69. The standard InChI is InChI=1S/C5H5N2O2.2ClH/c8-5-2-1-3-6-7(9)4-5;;/h1-3H,4H2;2*1H/q+1;;. The van der Waals surface area contributed by atoms with E-state index in [1.165, 1.54) is 18.4 Å². The number of allylic oxidation sites excluding steroid dienone is 1. The zero-order valence-electron chi connectivity index (χ0n) is 5.47. The lowest BCUT2D eigenvalue weighted by Gasteiger charge is -1.74. The monoisotopic (exact) mass is 197 g/mol. The number of carbonyl (C=O) groups is 1. The molecule has 0 spiro atoms. The third-order valence-corrected chi connectivity index (χ3v) is 0.855. The van der Waals surface area contributed by atoms with Gasteiger partial charge in [0, 0.05) is 5.10 Å². The number of hydrogen-bond donors (Lipinski definition) is 0. The van der Waals surface area contributed by atoms with Crippen LogP contribution in [0.15, 0.2) is 17.3 Å². The molecule has 0 bridgehead atoms. The molecule has 0 amide bonds.